The van der Waals surface area contributed by atoms with Gasteiger partial charge in [0.1, 0.15) is 62.4 Å². The maximum Gasteiger partial charge on any atom is 0.303 e. The second-order valence-electron chi connectivity index (χ2n) is 31.6. The molecule has 0 aromatic rings. The molecule has 17 atom stereocenters. The molecule has 0 radical (unpaired) electrons. The molecular weight excluding hydrogens is 1750 g/mol. The standard InChI is InChI=1S/C85H137N11O36/c1-50(98)93-74-80(127-59(10)107)77(124-56(7)104)64(47-121-53(4)101)130-83(74)118-41-21-13-16-29-68(111)89-37-25-34-86-44-63(110)62(28-19-20-35-88-71(114)32-24-33-73(116)117)96(45-72(115)92-40-27-39-91-70(113)31-18-15-23-43-120-85-76(95-52(3)100)82(129-61(12)109)79(126-58(9)106)66(132-85)49-123-55(6)103)67(46-97)87-36-26-38-90-69(112)30-17-14-22-42-119-84-75(94-51(2)99)81(128-60(11)108)78(125-57(8)105)65(131-84)48-122-54(5)102/h46,62,64-67,74-87H,13-45,47-49H2,1-12H3,(H,88,114)(H,89,111)(H,90,112)(H,91,113)(H,92,115)(H,93,98)(H,94,99)(H,95,100)(H,116,117). The van der Waals surface area contributed by atoms with Gasteiger partial charge in [-0.1, -0.05) is 19.3 Å². The molecule has 0 aliphatic carbocycles. The molecule has 132 heavy (non-hydrogen) atoms. The summed E-state index contributed by atoms with van der Waals surface area (Å²) in [4.78, 5) is 252. The number of unbranched alkanes of at least 4 members (excludes halogenated alkanes) is 7. The van der Waals surface area contributed by atoms with Crippen molar-refractivity contribution in [1.82, 2.24) is 58.1 Å². The van der Waals surface area contributed by atoms with Crippen LogP contribution in [0.1, 0.15) is 218 Å². The van der Waals surface area contributed by atoms with Crippen LogP contribution < -0.4 is 53.2 Å². The molecular formula is C85H137N11O36. The smallest absolute Gasteiger partial charge is 0.303 e. The summed E-state index contributed by atoms with van der Waals surface area (Å²) in [6.45, 7) is 12.7. The summed E-state index contributed by atoms with van der Waals surface area (Å²) < 4.78 is 84.5. The van der Waals surface area contributed by atoms with E-state index in [9.17, 15) is 95.9 Å². The van der Waals surface area contributed by atoms with Gasteiger partial charge in [0.25, 0.3) is 0 Å². The van der Waals surface area contributed by atoms with Crippen molar-refractivity contribution >= 4 is 119 Å². The number of aldehydes is 1. The van der Waals surface area contributed by atoms with E-state index in [-0.39, 0.29) is 160 Å². The van der Waals surface area contributed by atoms with Gasteiger partial charge in [0.2, 0.25) is 47.3 Å². The van der Waals surface area contributed by atoms with E-state index < -0.39 is 220 Å². The number of ether oxygens (including phenoxy) is 15. The van der Waals surface area contributed by atoms with Crippen LogP contribution in [0.2, 0.25) is 0 Å². The molecule has 47 nitrogen and oxygen atoms in total. The molecule has 47 heteroatoms. The number of carboxylic acids is 1. The fraction of sp³-hybridized carbons (Fsp3) is 0.765. The molecule has 748 valence electrons. The van der Waals surface area contributed by atoms with Crippen molar-refractivity contribution in [3.8, 4) is 0 Å². The van der Waals surface area contributed by atoms with E-state index >= 15 is 0 Å². The number of hydrogen-bond acceptors (Lipinski definition) is 38. The van der Waals surface area contributed by atoms with E-state index in [1.807, 2.05) is 0 Å². The first-order valence-electron chi connectivity index (χ1n) is 44.5. The van der Waals surface area contributed by atoms with Gasteiger partial charge in [-0.25, -0.2) is 0 Å². The topological polar surface area (TPSA) is 624 Å². The third-order valence-electron chi connectivity index (χ3n) is 20.0. The lowest BCUT2D eigenvalue weighted by atomic mass is 9.96. The first-order valence-corrected chi connectivity index (χ1v) is 44.5. The van der Waals surface area contributed by atoms with Gasteiger partial charge in [-0.15, -0.1) is 0 Å². The van der Waals surface area contributed by atoms with E-state index in [4.69, 9.17) is 76.2 Å². The van der Waals surface area contributed by atoms with Crippen molar-refractivity contribution in [3.05, 3.63) is 0 Å². The van der Waals surface area contributed by atoms with Gasteiger partial charge in [0.05, 0.1) is 19.1 Å². The molecule has 0 spiro atoms. The summed E-state index contributed by atoms with van der Waals surface area (Å²) in [5.74, 6) is -11.8. The molecule has 0 bridgehead atoms. The van der Waals surface area contributed by atoms with Gasteiger partial charge >= 0.3 is 59.7 Å². The lowest BCUT2D eigenvalue weighted by Gasteiger charge is -2.44. The minimum atomic E-state index is -1.32. The highest BCUT2D eigenvalue weighted by Crippen LogP contribution is 2.32. The van der Waals surface area contributed by atoms with Gasteiger partial charge in [-0.2, -0.15) is 0 Å². The Bertz CT molecular complexity index is 3730. The Kier molecular flexibility index (Phi) is 57.0. The zero-order valence-electron chi connectivity index (χ0n) is 77.5. The van der Waals surface area contributed by atoms with Crippen LogP contribution in [-0.4, -0.2) is 332 Å². The summed E-state index contributed by atoms with van der Waals surface area (Å²) in [7, 11) is 0. The highest BCUT2D eigenvalue weighted by Gasteiger charge is 2.55. The number of hydrogen-bond donors (Lipinski definition) is 11. The van der Waals surface area contributed by atoms with E-state index in [0.717, 1.165) is 62.3 Å². The molecule has 3 heterocycles. The maximum atomic E-state index is 14.7. The minimum absolute atomic E-state index is 0.0133. The SMILES string of the molecule is CC(=O)NC1C(OCCCCCC(=O)NCCCNCC(=O)C(CCCCNC(=O)CCCC(=O)O)N(CC(=O)NCCCNC(=O)CCCCCOC2OC(COC(C)=O)C(OC(C)=O)C(OC(C)=O)C2NC(C)=O)C(C=O)NCCCNC(=O)CCCCCOC2OC(COC(C)=O)C(OC(C)=O)C(OC(C)=O)C2NC(C)=O)OC(COC(C)=O)C(OC(C)=O)C1OC(C)=O. The molecule has 11 N–H and O–H groups in total. The molecule has 0 aromatic carbocycles. The van der Waals surface area contributed by atoms with Crippen LogP contribution in [0.15, 0.2) is 0 Å². The Labute approximate surface area is 766 Å². The monoisotopic (exact) mass is 1890 g/mol. The summed E-state index contributed by atoms with van der Waals surface area (Å²) >= 11 is 0. The Morgan fingerprint density at radius 1 is 0.341 bits per heavy atom. The number of carboxylic acid groups (broad SMARTS) is 1. The summed E-state index contributed by atoms with van der Waals surface area (Å²) in [5, 5.41) is 37.2. The third-order valence-corrected chi connectivity index (χ3v) is 20.0. The van der Waals surface area contributed by atoms with Crippen LogP contribution in [0.25, 0.3) is 0 Å². The predicted molar refractivity (Wildman–Crippen MR) is 456 cm³/mol. The number of carbonyl (C=O) groups excluding carboxylic acids is 19. The number of Topliss-reactive ketones (excluding diaryl/α,β-unsaturated/α-hetero) is 1. The zero-order valence-corrected chi connectivity index (χ0v) is 77.5. The molecule has 0 saturated carbocycles. The number of esters is 9. The molecule has 3 aliphatic heterocycles. The molecule has 3 saturated heterocycles. The van der Waals surface area contributed by atoms with Crippen LogP contribution in [0.5, 0.6) is 0 Å². The lowest BCUT2D eigenvalue weighted by Crippen LogP contribution is -2.66. The predicted octanol–water partition coefficient (Wildman–Crippen LogP) is -1.19. The van der Waals surface area contributed by atoms with Crippen LogP contribution in [0.3, 0.4) is 0 Å². The Morgan fingerprint density at radius 2 is 0.652 bits per heavy atom. The van der Waals surface area contributed by atoms with Crippen molar-refractivity contribution in [2.75, 3.05) is 98.5 Å². The zero-order chi connectivity index (χ0) is 98.2. The van der Waals surface area contributed by atoms with Gasteiger partial charge in [-0.3, -0.25) is 101 Å². The molecule has 0 aromatic heterocycles. The average molecular weight is 1890 g/mol. The van der Waals surface area contributed by atoms with E-state index in [0.29, 0.717) is 76.9 Å². The number of aliphatic carboxylic acids is 1. The quantitative estimate of drug-likeness (QED) is 0.0112. The Morgan fingerprint density at radius 3 is 0.970 bits per heavy atom. The highest BCUT2D eigenvalue weighted by molar-refractivity contribution is 5.88. The number of ketones is 1. The molecule has 3 fully saturated rings. The van der Waals surface area contributed by atoms with Crippen molar-refractivity contribution in [2.45, 2.75) is 322 Å². The molecule has 3 aliphatic rings. The van der Waals surface area contributed by atoms with Crippen molar-refractivity contribution in [2.24, 2.45) is 0 Å². The van der Waals surface area contributed by atoms with E-state index in [1.54, 1.807) is 0 Å². The van der Waals surface area contributed by atoms with Crippen LogP contribution >= 0.6 is 0 Å². The lowest BCUT2D eigenvalue weighted by molar-refractivity contribution is -0.277. The summed E-state index contributed by atoms with van der Waals surface area (Å²) in [5.41, 5.74) is 0. The Balaban J connectivity index is 1.74. The third kappa shape index (κ3) is 49.3. The Hall–Kier alpha value is -10.6. The number of carbonyl (C=O) groups is 20. The summed E-state index contributed by atoms with van der Waals surface area (Å²) in [6.07, 6.45) is -10.7. The van der Waals surface area contributed by atoms with Crippen LogP contribution in [0.4, 0.5) is 0 Å². The first kappa shape index (κ1) is 116. The van der Waals surface area contributed by atoms with Crippen molar-refractivity contribution < 1.29 is 172 Å². The number of amides is 8. The van der Waals surface area contributed by atoms with Gasteiger partial charge in [0, 0.05) is 168 Å². The fourth-order valence-corrected chi connectivity index (χ4v) is 14.3. The van der Waals surface area contributed by atoms with E-state index in [1.165, 1.54) is 25.7 Å². The summed E-state index contributed by atoms with van der Waals surface area (Å²) in [6, 6.07) is -4.65. The first-order chi connectivity index (χ1) is 62.7. The van der Waals surface area contributed by atoms with Gasteiger partial charge < -0.3 is 129 Å². The molecule has 3 rings (SSSR count). The highest BCUT2D eigenvalue weighted by atomic mass is 16.7. The number of rotatable bonds is 66. The van der Waals surface area contributed by atoms with Gasteiger partial charge in [0.15, 0.2) is 67.6 Å². The molecule has 17 unspecified atom stereocenters. The average Bonchev–Trinajstić information content (AvgIpc) is 0.794. The largest absolute Gasteiger partial charge is 0.481 e. The minimum Gasteiger partial charge on any atom is -0.481 e. The second kappa shape index (κ2) is 65.1. The van der Waals surface area contributed by atoms with Crippen molar-refractivity contribution in [3.63, 3.8) is 0 Å². The number of nitrogens with one attached hydrogen (secondary N) is 10. The second-order valence-corrected chi connectivity index (χ2v) is 31.6. The van der Waals surface area contributed by atoms with Crippen LogP contribution in [-0.2, 0) is 167 Å². The fourth-order valence-electron chi connectivity index (χ4n) is 14.3. The molecule has 8 amide bonds. The van der Waals surface area contributed by atoms with E-state index in [2.05, 4.69) is 53.2 Å². The number of nitrogens with zero attached hydrogens (tertiary/aromatic N) is 1. The van der Waals surface area contributed by atoms with Crippen molar-refractivity contribution in [1.29, 1.82) is 0 Å². The van der Waals surface area contributed by atoms with Gasteiger partial charge in [-0.05, 0) is 96.6 Å². The normalized spacial score (nSPS) is 21.8. The van der Waals surface area contributed by atoms with Crippen LogP contribution in [0, 0.1) is 0 Å². The maximum absolute atomic E-state index is 14.7.